The maximum Gasteiger partial charge on any atom is 0.265 e. The quantitative estimate of drug-likeness (QED) is 0.668. The van der Waals surface area contributed by atoms with Crippen LogP contribution in [0.25, 0.3) is 0 Å². The number of nitrogens with zero attached hydrogens (tertiary/aromatic N) is 1. The molecule has 1 aliphatic carbocycles. The van der Waals surface area contributed by atoms with Crippen molar-refractivity contribution >= 4 is 27.5 Å². The summed E-state index contributed by atoms with van der Waals surface area (Å²) in [6.07, 6.45) is 3.41. The highest BCUT2D eigenvalue weighted by molar-refractivity contribution is 7.92. The average Bonchev–Trinajstić information content (AvgIpc) is 3.01. The number of benzene rings is 2. The van der Waals surface area contributed by atoms with E-state index in [1.165, 1.54) is 18.1 Å². The SMILES string of the molecule is COc1ccc(CN2C(=O)[C@H]3CCCC[C@@H]3C2=O)cc1S(=O)(=O)Nc1c(C)cccc1C. The van der Waals surface area contributed by atoms with Gasteiger partial charge in [-0.15, -0.1) is 0 Å². The Morgan fingerprint density at radius 3 is 2.16 bits per heavy atom. The van der Waals surface area contributed by atoms with Gasteiger partial charge in [-0.1, -0.05) is 37.1 Å². The van der Waals surface area contributed by atoms with Gasteiger partial charge in [-0.25, -0.2) is 8.42 Å². The van der Waals surface area contributed by atoms with Crippen LogP contribution in [0.4, 0.5) is 5.69 Å². The van der Waals surface area contributed by atoms with Gasteiger partial charge in [-0.3, -0.25) is 19.2 Å². The highest BCUT2D eigenvalue weighted by Crippen LogP contribution is 2.39. The number of nitrogens with one attached hydrogen (secondary N) is 1. The van der Waals surface area contributed by atoms with Gasteiger partial charge in [-0.2, -0.15) is 0 Å². The van der Waals surface area contributed by atoms with E-state index in [-0.39, 0.29) is 40.8 Å². The molecule has 1 heterocycles. The first-order valence-corrected chi connectivity index (χ1v) is 12.3. The second kappa shape index (κ2) is 8.58. The van der Waals surface area contributed by atoms with E-state index in [2.05, 4.69) is 4.72 Å². The molecule has 1 saturated carbocycles. The van der Waals surface area contributed by atoms with Crippen molar-refractivity contribution in [2.45, 2.75) is 51.0 Å². The zero-order chi connectivity index (χ0) is 23.0. The normalized spacial score (nSPS) is 20.9. The molecule has 2 aromatic rings. The first kappa shape index (κ1) is 22.3. The molecule has 2 aliphatic rings. The average molecular weight is 457 g/mol. The number of aryl methyl sites for hydroxylation is 2. The summed E-state index contributed by atoms with van der Waals surface area (Å²) in [4.78, 5) is 26.9. The van der Waals surface area contributed by atoms with Gasteiger partial charge < -0.3 is 4.74 Å². The number of fused-ring (bicyclic) bond motifs is 1. The van der Waals surface area contributed by atoms with Gasteiger partial charge in [0.1, 0.15) is 10.6 Å². The number of anilines is 1. The molecule has 2 aromatic carbocycles. The number of carbonyl (C=O) groups excluding carboxylic acids is 2. The maximum atomic E-state index is 13.3. The van der Waals surface area contributed by atoms with Crippen LogP contribution in [-0.2, 0) is 26.2 Å². The summed E-state index contributed by atoms with van der Waals surface area (Å²) in [5, 5.41) is 0. The Hall–Kier alpha value is -2.87. The summed E-state index contributed by atoms with van der Waals surface area (Å²) in [5.74, 6) is -0.561. The summed E-state index contributed by atoms with van der Waals surface area (Å²) < 4.78 is 34.5. The standard InChI is InChI=1S/C24H28N2O5S/c1-15-7-6-8-16(2)22(15)25-32(29,30)21-13-17(11-12-20(21)31-3)14-26-23(27)18-9-4-5-10-19(18)24(26)28/h6-8,11-13,18-19,25H,4-5,9-10,14H2,1-3H3/t18-,19-/m0/s1. The van der Waals surface area contributed by atoms with E-state index in [1.807, 2.05) is 32.0 Å². The van der Waals surface area contributed by atoms with Gasteiger partial charge in [0.25, 0.3) is 10.0 Å². The molecule has 8 heteroatoms. The Labute approximate surface area is 188 Å². The molecule has 0 aromatic heterocycles. The van der Waals surface area contributed by atoms with Crippen LogP contribution in [0.3, 0.4) is 0 Å². The van der Waals surface area contributed by atoms with Crippen LogP contribution in [0.15, 0.2) is 41.3 Å². The van der Waals surface area contributed by atoms with E-state index in [1.54, 1.807) is 12.1 Å². The third kappa shape index (κ3) is 3.99. The number of likely N-dealkylation sites (tertiary alicyclic amines) is 1. The summed E-state index contributed by atoms with van der Waals surface area (Å²) in [7, 11) is -2.56. The van der Waals surface area contributed by atoms with E-state index in [0.717, 1.165) is 36.8 Å². The van der Waals surface area contributed by atoms with E-state index in [0.29, 0.717) is 11.3 Å². The minimum Gasteiger partial charge on any atom is -0.495 e. The number of carbonyl (C=O) groups is 2. The molecule has 0 radical (unpaired) electrons. The highest BCUT2D eigenvalue weighted by atomic mass is 32.2. The van der Waals surface area contributed by atoms with Crippen LogP contribution in [0.2, 0.25) is 0 Å². The summed E-state index contributed by atoms with van der Waals surface area (Å²) in [6.45, 7) is 3.73. The predicted molar refractivity (Wildman–Crippen MR) is 121 cm³/mol. The van der Waals surface area contributed by atoms with E-state index in [4.69, 9.17) is 4.74 Å². The monoisotopic (exact) mass is 456 g/mol. The molecule has 1 N–H and O–H groups in total. The fraction of sp³-hybridized carbons (Fsp3) is 0.417. The molecule has 170 valence electrons. The van der Waals surface area contributed by atoms with Crippen LogP contribution in [0, 0.1) is 25.7 Å². The summed E-state index contributed by atoms with van der Waals surface area (Å²) in [6, 6.07) is 10.3. The number of rotatable bonds is 6. The number of hydrogen-bond acceptors (Lipinski definition) is 5. The van der Waals surface area contributed by atoms with E-state index >= 15 is 0 Å². The molecule has 32 heavy (non-hydrogen) atoms. The van der Waals surface area contributed by atoms with Crippen LogP contribution in [0.5, 0.6) is 5.75 Å². The molecule has 1 aliphatic heterocycles. The smallest absolute Gasteiger partial charge is 0.265 e. The molecule has 1 saturated heterocycles. The Balaban J connectivity index is 1.64. The van der Waals surface area contributed by atoms with Crippen molar-refractivity contribution in [3.8, 4) is 5.75 Å². The van der Waals surface area contributed by atoms with Crippen LogP contribution in [-0.4, -0.2) is 32.2 Å². The molecule has 0 bridgehead atoms. The Bertz CT molecular complexity index is 1130. The number of para-hydroxylation sites is 1. The molecule has 0 spiro atoms. The molecule has 2 atom stereocenters. The van der Waals surface area contributed by atoms with Gasteiger partial charge >= 0.3 is 0 Å². The number of sulfonamides is 1. The third-order valence-electron chi connectivity index (χ3n) is 6.51. The predicted octanol–water partition coefficient (Wildman–Crippen LogP) is 3.79. The molecule has 2 amide bonds. The minimum absolute atomic E-state index is 0.0309. The lowest BCUT2D eigenvalue weighted by atomic mass is 9.81. The largest absolute Gasteiger partial charge is 0.495 e. The van der Waals surface area contributed by atoms with Crippen molar-refractivity contribution in [3.05, 3.63) is 53.1 Å². The van der Waals surface area contributed by atoms with E-state index < -0.39 is 10.0 Å². The first-order chi connectivity index (χ1) is 15.2. The molecule has 0 unspecified atom stereocenters. The van der Waals surface area contributed by atoms with Crippen LogP contribution in [0.1, 0.15) is 42.4 Å². The van der Waals surface area contributed by atoms with Crippen molar-refractivity contribution in [3.63, 3.8) is 0 Å². The number of ether oxygens (including phenoxy) is 1. The molecule has 2 fully saturated rings. The van der Waals surface area contributed by atoms with Gasteiger partial charge in [0, 0.05) is 0 Å². The van der Waals surface area contributed by atoms with Crippen LogP contribution >= 0.6 is 0 Å². The van der Waals surface area contributed by atoms with Crippen molar-refractivity contribution in [2.24, 2.45) is 11.8 Å². The maximum absolute atomic E-state index is 13.3. The van der Waals surface area contributed by atoms with Crippen molar-refractivity contribution < 1.29 is 22.7 Å². The molecule has 4 rings (SSSR count). The minimum atomic E-state index is -3.97. The third-order valence-corrected chi connectivity index (χ3v) is 7.88. The second-order valence-electron chi connectivity index (χ2n) is 8.62. The van der Waals surface area contributed by atoms with Gasteiger partial charge in [0.05, 0.1) is 31.2 Å². The Morgan fingerprint density at radius 1 is 1.00 bits per heavy atom. The molecular formula is C24H28N2O5S. The topological polar surface area (TPSA) is 92.8 Å². The fourth-order valence-corrected chi connectivity index (χ4v) is 6.19. The lowest BCUT2D eigenvalue weighted by Gasteiger charge is -2.19. The number of hydrogen-bond donors (Lipinski definition) is 1. The second-order valence-corrected chi connectivity index (χ2v) is 10.3. The van der Waals surface area contributed by atoms with Crippen molar-refractivity contribution in [2.75, 3.05) is 11.8 Å². The fourth-order valence-electron chi connectivity index (χ4n) is 4.76. The lowest BCUT2D eigenvalue weighted by Crippen LogP contribution is -2.30. The van der Waals surface area contributed by atoms with Crippen LogP contribution < -0.4 is 9.46 Å². The summed E-state index contributed by atoms with van der Waals surface area (Å²) in [5.41, 5.74) is 2.70. The molecular weight excluding hydrogens is 428 g/mol. The first-order valence-electron chi connectivity index (χ1n) is 10.8. The summed E-state index contributed by atoms with van der Waals surface area (Å²) >= 11 is 0. The van der Waals surface area contributed by atoms with Gasteiger partial charge in [-0.05, 0) is 55.5 Å². The van der Waals surface area contributed by atoms with Gasteiger partial charge in [0.15, 0.2) is 0 Å². The Morgan fingerprint density at radius 2 is 1.59 bits per heavy atom. The highest BCUT2D eigenvalue weighted by Gasteiger charge is 2.47. The Kier molecular flexibility index (Phi) is 5.99. The zero-order valence-electron chi connectivity index (χ0n) is 18.6. The van der Waals surface area contributed by atoms with Crippen molar-refractivity contribution in [1.82, 2.24) is 4.90 Å². The van der Waals surface area contributed by atoms with Gasteiger partial charge in [0.2, 0.25) is 11.8 Å². The molecule has 7 nitrogen and oxygen atoms in total. The zero-order valence-corrected chi connectivity index (χ0v) is 19.4. The number of imide groups is 1. The number of methoxy groups -OCH3 is 1. The van der Waals surface area contributed by atoms with E-state index in [9.17, 15) is 18.0 Å². The van der Waals surface area contributed by atoms with Crippen molar-refractivity contribution in [1.29, 1.82) is 0 Å². The lowest BCUT2D eigenvalue weighted by molar-refractivity contribution is -0.140. The number of amides is 2.